The Balaban J connectivity index is 1.54. The van der Waals surface area contributed by atoms with Crippen LogP contribution in [0.1, 0.15) is 17.3 Å². The summed E-state index contributed by atoms with van der Waals surface area (Å²) in [7, 11) is 1.56. The van der Waals surface area contributed by atoms with Gasteiger partial charge >= 0.3 is 0 Å². The van der Waals surface area contributed by atoms with Gasteiger partial charge in [0.1, 0.15) is 5.65 Å². The molecule has 0 fully saturated rings. The summed E-state index contributed by atoms with van der Waals surface area (Å²) in [6, 6.07) is 6.70. The average molecular weight is 391 g/mol. The van der Waals surface area contributed by atoms with Gasteiger partial charge in [0.2, 0.25) is 17.7 Å². The summed E-state index contributed by atoms with van der Waals surface area (Å²) in [5.41, 5.74) is 0.710. The first-order valence-electron chi connectivity index (χ1n) is 8.83. The number of carbonyl (C=O) groups excluding carboxylic acids is 1. The van der Waals surface area contributed by atoms with Crippen LogP contribution >= 0.6 is 0 Å². The highest BCUT2D eigenvalue weighted by Gasteiger charge is 2.09. The molecule has 0 saturated heterocycles. The van der Waals surface area contributed by atoms with Crippen molar-refractivity contribution in [3.05, 3.63) is 58.8 Å². The minimum Gasteiger partial charge on any atom is -0.419 e. The molecule has 4 aromatic heterocycles. The van der Waals surface area contributed by atoms with E-state index in [4.69, 9.17) is 4.74 Å². The van der Waals surface area contributed by atoms with Gasteiger partial charge in [0.05, 0.1) is 17.4 Å². The van der Waals surface area contributed by atoms with Crippen molar-refractivity contribution in [2.75, 3.05) is 5.32 Å². The summed E-state index contributed by atoms with van der Waals surface area (Å²) in [4.78, 5) is 35.9. The molecule has 0 saturated carbocycles. The molecule has 0 aliphatic heterocycles. The normalized spacial score (nSPS) is 10.8. The van der Waals surface area contributed by atoms with E-state index in [1.54, 1.807) is 42.3 Å². The van der Waals surface area contributed by atoms with E-state index in [-0.39, 0.29) is 5.56 Å². The van der Waals surface area contributed by atoms with E-state index in [9.17, 15) is 9.59 Å². The number of nitrogens with one attached hydrogen (secondary N) is 1. The highest BCUT2D eigenvalue weighted by Crippen LogP contribution is 2.20. The molecule has 1 N–H and O–H groups in total. The summed E-state index contributed by atoms with van der Waals surface area (Å²) in [6.45, 7) is 2.75. The predicted octanol–water partition coefficient (Wildman–Crippen LogP) is 2.29. The van der Waals surface area contributed by atoms with Crippen LogP contribution < -0.4 is 15.6 Å². The first-order valence-corrected chi connectivity index (χ1v) is 8.83. The number of hydrogen-bond donors (Lipinski definition) is 1. The Morgan fingerprint density at radius 3 is 2.72 bits per heavy atom. The fraction of sp³-hybridized carbons (Fsp3) is 0.158. The number of anilines is 2. The second-order valence-electron chi connectivity index (χ2n) is 6.18. The molecule has 0 amide bonds. The van der Waals surface area contributed by atoms with Gasteiger partial charge in [0.25, 0.3) is 5.56 Å². The topological polar surface area (TPSA) is 117 Å². The molecular weight excluding hydrogens is 374 g/mol. The van der Waals surface area contributed by atoms with Crippen molar-refractivity contribution in [2.45, 2.75) is 13.5 Å². The standard InChI is InChI=1S/C19H17N7O3/c1-3-26-7-6-16(24-26)29-15-5-4-14(10-20-15)22-19-21-9-12-8-13(11-27)18(28)25(2)17(12)23-19/h4-11H,3H2,1-2H3,(H,21,22,23). The van der Waals surface area contributed by atoms with Gasteiger partial charge in [-0.3, -0.25) is 18.8 Å². The Bertz CT molecular complexity index is 1250. The number of nitrogens with zero attached hydrogens (tertiary/aromatic N) is 6. The summed E-state index contributed by atoms with van der Waals surface area (Å²) in [5, 5.41) is 7.86. The summed E-state index contributed by atoms with van der Waals surface area (Å²) in [5.74, 6) is 1.16. The molecule has 0 atom stereocenters. The van der Waals surface area contributed by atoms with Crippen molar-refractivity contribution in [1.29, 1.82) is 0 Å². The monoisotopic (exact) mass is 391 g/mol. The van der Waals surface area contributed by atoms with Crippen LogP contribution in [0.2, 0.25) is 0 Å². The van der Waals surface area contributed by atoms with Crippen LogP contribution in [0, 0.1) is 0 Å². The zero-order valence-corrected chi connectivity index (χ0v) is 15.7. The molecule has 10 heteroatoms. The Morgan fingerprint density at radius 1 is 1.17 bits per heavy atom. The Hall–Kier alpha value is -4.08. The third-order valence-electron chi connectivity index (χ3n) is 4.24. The molecule has 4 rings (SSSR count). The lowest BCUT2D eigenvalue weighted by atomic mass is 10.2. The first kappa shape index (κ1) is 18.3. The van der Waals surface area contributed by atoms with Gasteiger partial charge in [-0.25, -0.2) is 9.97 Å². The van der Waals surface area contributed by atoms with Gasteiger partial charge in [-0.05, 0) is 19.1 Å². The predicted molar refractivity (Wildman–Crippen MR) is 106 cm³/mol. The first-order chi connectivity index (χ1) is 14.1. The summed E-state index contributed by atoms with van der Waals surface area (Å²) in [6.07, 6.45) is 5.48. The largest absolute Gasteiger partial charge is 0.419 e. The van der Waals surface area contributed by atoms with Crippen molar-refractivity contribution >= 4 is 29.0 Å². The Labute approximate surface area is 164 Å². The zero-order valence-electron chi connectivity index (χ0n) is 15.7. The second-order valence-corrected chi connectivity index (χ2v) is 6.18. The highest BCUT2D eigenvalue weighted by molar-refractivity contribution is 5.84. The van der Waals surface area contributed by atoms with Crippen molar-refractivity contribution in [1.82, 2.24) is 29.3 Å². The molecule has 0 bridgehead atoms. The van der Waals surface area contributed by atoms with Gasteiger partial charge < -0.3 is 10.1 Å². The lowest BCUT2D eigenvalue weighted by molar-refractivity contribution is 0.112. The average Bonchev–Trinajstić information content (AvgIpc) is 3.20. The van der Waals surface area contributed by atoms with Crippen molar-refractivity contribution in [2.24, 2.45) is 7.05 Å². The van der Waals surface area contributed by atoms with Gasteiger partial charge in [-0.1, -0.05) is 0 Å². The molecular formula is C19H17N7O3. The number of fused-ring (bicyclic) bond motifs is 1. The van der Waals surface area contributed by atoms with Crippen LogP contribution in [-0.2, 0) is 13.6 Å². The molecule has 0 radical (unpaired) electrons. The van der Waals surface area contributed by atoms with E-state index < -0.39 is 5.56 Å². The molecule has 10 nitrogen and oxygen atoms in total. The zero-order chi connectivity index (χ0) is 20.4. The number of hydrogen-bond acceptors (Lipinski definition) is 8. The number of ether oxygens (including phenoxy) is 1. The van der Waals surface area contributed by atoms with Crippen LogP contribution in [0.25, 0.3) is 11.0 Å². The van der Waals surface area contributed by atoms with E-state index >= 15 is 0 Å². The highest BCUT2D eigenvalue weighted by atomic mass is 16.5. The number of carbonyl (C=O) groups is 1. The SMILES string of the molecule is CCn1ccc(Oc2ccc(Nc3ncc4cc(C=O)c(=O)n(C)c4n3)cn2)n1. The number of aryl methyl sites for hydroxylation is 2. The van der Waals surface area contributed by atoms with E-state index in [0.717, 1.165) is 6.54 Å². The van der Waals surface area contributed by atoms with E-state index in [1.165, 1.54) is 10.6 Å². The fourth-order valence-corrected chi connectivity index (χ4v) is 2.74. The maximum Gasteiger partial charge on any atom is 0.262 e. The van der Waals surface area contributed by atoms with Crippen molar-refractivity contribution in [3.63, 3.8) is 0 Å². The van der Waals surface area contributed by atoms with E-state index in [0.29, 0.717) is 40.7 Å². The molecule has 4 aromatic rings. The number of aldehydes is 1. The van der Waals surface area contributed by atoms with Crippen LogP contribution in [0.5, 0.6) is 11.8 Å². The van der Waals surface area contributed by atoms with Gasteiger partial charge in [0.15, 0.2) is 6.29 Å². The second kappa shape index (κ2) is 7.50. The third kappa shape index (κ3) is 3.68. The Kier molecular flexibility index (Phi) is 4.73. The molecule has 0 unspecified atom stereocenters. The van der Waals surface area contributed by atoms with Gasteiger partial charge in [-0.2, -0.15) is 4.98 Å². The third-order valence-corrected chi connectivity index (χ3v) is 4.24. The lowest BCUT2D eigenvalue weighted by Gasteiger charge is -2.09. The molecule has 0 spiro atoms. The molecule has 146 valence electrons. The van der Waals surface area contributed by atoms with Crippen LogP contribution in [-0.4, -0.2) is 35.6 Å². The smallest absolute Gasteiger partial charge is 0.262 e. The fourth-order valence-electron chi connectivity index (χ4n) is 2.74. The van der Waals surface area contributed by atoms with Crippen LogP contribution in [0.15, 0.2) is 47.7 Å². The molecule has 29 heavy (non-hydrogen) atoms. The molecule has 0 aliphatic carbocycles. The van der Waals surface area contributed by atoms with Crippen LogP contribution in [0.4, 0.5) is 11.6 Å². The molecule has 0 aliphatic rings. The summed E-state index contributed by atoms with van der Waals surface area (Å²) < 4.78 is 8.68. The van der Waals surface area contributed by atoms with Gasteiger partial charge in [0, 0.05) is 43.5 Å². The molecule has 4 heterocycles. The van der Waals surface area contributed by atoms with Crippen molar-refractivity contribution in [3.8, 4) is 11.8 Å². The summed E-state index contributed by atoms with van der Waals surface area (Å²) >= 11 is 0. The maximum absolute atomic E-state index is 12.1. The maximum atomic E-state index is 12.1. The number of rotatable bonds is 6. The molecule has 0 aromatic carbocycles. The minimum absolute atomic E-state index is 0.0628. The van der Waals surface area contributed by atoms with Gasteiger partial charge in [-0.15, -0.1) is 5.10 Å². The quantitative estimate of drug-likeness (QED) is 0.498. The Morgan fingerprint density at radius 2 is 2.03 bits per heavy atom. The van der Waals surface area contributed by atoms with E-state index in [1.807, 2.05) is 13.1 Å². The van der Waals surface area contributed by atoms with Crippen LogP contribution in [0.3, 0.4) is 0 Å². The van der Waals surface area contributed by atoms with E-state index in [2.05, 4.69) is 25.4 Å². The van der Waals surface area contributed by atoms with Crippen molar-refractivity contribution < 1.29 is 9.53 Å². The number of aromatic nitrogens is 6. The number of pyridine rings is 2. The lowest BCUT2D eigenvalue weighted by Crippen LogP contribution is -2.21. The minimum atomic E-state index is -0.411.